The maximum Gasteiger partial charge on any atom is 0.166 e. The molecule has 1 atom stereocenters. The molecule has 0 radical (unpaired) electrons. The van der Waals surface area contributed by atoms with Crippen molar-refractivity contribution < 1.29 is 4.74 Å². The molecular weight excluding hydrogens is 388 g/mol. The van der Waals surface area contributed by atoms with Crippen LogP contribution in [0.3, 0.4) is 0 Å². The van der Waals surface area contributed by atoms with Crippen LogP contribution in [0.15, 0.2) is 24.3 Å². The zero-order valence-corrected chi connectivity index (χ0v) is 17.3. The van der Waals surface area contributed by atoms with Crippen LogP contribution in [-0.4, -0.2) is 58.4 Å². The lowest BCUT2D eigenvalue weighted by Crippen LogP contribution is -2.44. The van der Waals surface area contributed by atoms with Gasteiger partial charge in [0.25, 0.3) is 0 Å². The van der Waals surface area contributed by atoms with E-state index >= 15 is 0 Å². The van der Waals surface area contributed by atoms with Crippen molar-refractivity contribution in [2.24, 2.45) is 0 Å². The minimum absolute atomic E-state index is 0.173. The molecular formula is C21H25ClN6O. The van der Waals surface area contributed by atoms with Gasteiger partial charge in [0, 0.05) is 38.3 Å². The highest BCUT2D eigenvalue weighted by Gasteiger charge is 2.26. The first-order valence-corrected chi connectivity index (χ1v) is 10.7. The van der Waals surface area contributed by atoms with Gasteiger partial charge in [-0.25, -0.2) is 15.0 Å². The molecule has 1 aromatic carbocycles. The minimum Gasteiger partial charge on any atom is -0.376 e. The van der Waals surface area contributed by atoms with Gasteiger partial charge in [-0.15, -0.1) is 0 Å². The Hall–Kier alpha value is -2.22. The fourth-order valence-corrected chi connectivity index (χ4v) is 4.42. The number of hydrogen-bond acceptors (Lipinski definition) is 6. The SMILES string of the molecule is Cc1nc(N2CCNCC2)c2nc(-c3ccccc3Cl)n(C[C@H]3CCCO3)c2n1. The zero-order valence-electron chi connectivity index (χ0n) is 16.6. The number of piperazine rings is 1. The van der Waals surface area contributed by atoms with Crippen LogP contribution in [0.2, 0.25) is 5.02 Å². The first-order chi connectivity index (χ1) is 14.2. The van der Waals surface area contributed by atoms with E-state index in [4.69, 9.17) is 31.3 Å². The molecule has 2 fully saturated rings. The number of fused-ring (bicyclic) bond motifs is 1. The van der Waals surface area contributed by atoms with Crippen LogP contribution >= 0.6 is 11.6 Å². The number of rotatable bonds is 4. The summed E-state index contributed by atoms with van der Waals surface area (Å²) in [6, 6.07) is 7.85. The quantitative estimate of drug-likeness (QED) is 0.710. The van der Waals surface area contributed by atoms with Crippen molar-refractivity contribution in [1.82, 2.24) is 24.8 Å². The zero-order chi connectivity index (χ0) is 19.8. The fourth-order valence-electron chi connectivity index (χ4n) is 4.20. The van der Waals surface area contributed by atoms with Crippen LogP contribution in [0.4, 0.5) is 5.82 Å². The maximum atomic E-state index is 6.56. The van der Waals surface area contributed by atoms with Gasteiger partial charge in [0.15, 0.2) is 17.0 Å². The van der Waals surface area contributed by atoms with Crippen molar-refractivity contribution in [2.75, 3.05) is 37.7 Å². The van der Waals surface area contributed by atoms with E-state index in [0.717, 1.165) is 79.8 Å². The second-order valence-corrected chi connectivity index (χ2v) is 8.07. The Morgan fingerprint density at radius 3 is 2.76 bits per heavy atom. The van der Waals surface area contributed by atoms with E-state index in [1.807, 2.05) is 31.2 Å². The second-order valence-electron chi connectivity index (χ2n) is 7.66. The highest BCUT2D eigenvalue weighted by Crippen LogP contribution is 2.33. The average Bonchev–Trinajstić information content (AvgIpc) is 3.37. The lowest BCUT2D eigenvalue weighted by Gasteiger charge is -2.28. The number of imidazole rings is 1. The number of hydrogen-bond donors (Lipinski definition) is 1. The van der Waals surface area contributed by atoms with Gasteiger partial charge >= 0.3 is 0 Å². The third-order valence-electron chi connectivity index (χ3n) is 5.63. The minimum atomic E-state index is 0.173. The van der Waals surface area contributed by atoms with Crippen LogP contribution in [0, 0.1) is 6.92 Å². The first-order valence-electron chi connectivity index (χ1n) is 10.3. The largest absolute Gasteiger partial charge is 0.376 e. The molecule has 2 aliphatic heterocycles. The van der Waals surface area contributed by atoms with Crippen LogP contribution in [0.1, 0.15) is 18.7 Å². The van der Waals surface area contributed by atoms with E-state index in [-0.39, 0.29) is 6.10 Å². The molecule has 7 nitrogen and oxygen atoms in total. The van der Waals surface area contributed by atoms with E-state index in [0.29, 0.717) is 11.6 Å². The van der Waals surface area contributed by atoms with E-state index in [2.05, 4.69) is 14.8 Å². The van der Waals surface area contributed by atoms with Gasteiger partial charge < -0.3 is 19.5 Å². The van der Waals surface area contributed by atoms with Crippen LogP contribution in [0.5, 0.6) is 0 Å². The third-order valence-corrected chi connectivity index (χ3v) is 5.96. The topological polar surface area (TPSA) is 68.1 Å². The van der Waals surface area contributed by atoms with Crippen LogP contribution < -0.4 is 10.2 Å². The van der Waals surface area contributed by atoms with Crippen molar-refractivity contribution in [3.8, 4) is 11.4 Å². The van der Waals surface area contributed by atoms with E-state index in [1.54, 1.807) is 0 Å². The lowest BCUT2D eigenvalue weighted by molar-refractivity contribution is 0.0981. The Morgan fingerprint density at radius 2 is 2.00 bits per heavy atom. The Morgan fingerprint density at radius 1 is 1.17 bits per heavy atom. The summed E-state index contributed by atoms with van der Waals surface area (Å²) in [5.74, 6) is 2.50. The average molecular weight is 413 g/mol. The molecule has 2 saturated heterocycles. The van der Waals surface area contributed by atoms with E-state index in [1.165, 1.54) is 0 Å². The van der Waals surface area contributed by atoms with Crippen molar-refractivity contribution in [2.45, 2.75) is 32.4 Å². The summed E-state index contributed by atoms with van der Waals surface area (Å²) in [6.07, 6.45) is 2.32. The first kappa shape index (κ1) is 18.8. The summed E-state index contributed by atoms with van der Waals surface area (Å²) in [5.41, 5.74) is 2.61. The lowest BCUT2D eigenvalue weighted by atomic mass is 10.2. The van der Waals surface area contributed by atoms with Crippen LogP contribution in [0.25, 0.3) is 22.6 Å². The van der Waals surface area contributed by atoms with Gasteiger partial charge in [-0.1, -0.05) is 23.7 Å². The molecule has 0 amide bonds. The molecule has 2 aliphatic rings. The molecule has 4 heterocycles. The van der Waals surface area contributed by atoms with Gasteiger partial charge in [-0.3, -0.25) is 0 Å². The summed E-state index contributed by atoms with van der Waals surface area (Å²) < 4.78 is 8.10. The van der Waals surface area contributed by atoms with Crippen molar-refractivity contribution in [3.63, 3.8) is 0 Å². The van der Waals surface area contributed by atoms with Gasteiger partial charge in [0.1, 0.15) is 11.6 Å². The fraction of sp³-hybridized carbons (Fsp3) is 0.476. The molecule has 0 unspecified atom stereocenters. The van der Waals surface area contributed by atoms with Crippen molar-refractivity contribution in [1.29, 1.82) is 0 Å². The standard InChI is InChI=1S/C21H25ClN6O/c1-14-24-20(27-10-8-23-9-11-27)18-21(25-14)28(13-15-5-4-12-29-15)19(26-18)16-6-2-3-7-17(16)22/h2-3,6-7,15,23H,4-5,8-13H2,1H3/t15-/m1/s1. The maximum absolute atomic E-state index is 6.56. The Balaban J connectivity index is 1.70. The van der Waals surface area contributed by atoms with E-state index in [9.17, 15) is 0 Å². The molecule has 0 bridgehead atoms. The summed E-state index contributed by atoms with van der Waals surface area (Å²) in [4.78, 5) is 16.9. The molecule has 0 spiro atoms. The second kappa shape index (κ2) is 7.89. The summed E-state index contributed by atoms with van der Waals surface area (Å²) >= 11 is 6.56. The summed E-state index contributed by atoms with van der Waals surface area (Å²) in [7, 11) is 0. The summed E-state index contributed by atoms with van der Waals surface area (Å²) in [5, 5.41) is 4.09. The third kappa shape index (κ3) is 3.58. The van der Waals surface area contributed by atoms with Crippen molar-refractivity contribution >= 4 is 28.6 Å². The molecule has 2 aromatic heterocycles. The molecule has 0 saturated carbocycles. The Kier molecular flexibility index (Phi) is 5.11. The number of halogens is 1. The predicted octanol–water partition coefficient (Wildman–Crippen LogP) is 3.04. The number of aromatic nitrogens is 4. The normalized spacial score (nSPS) is 19.9. The van der Waals surface area contributed by atoms with Crippen LogP contribution in [-0.2, 0) is 11.3 Å². The number of aryl methyl sites for hydroxylation is 1. The number of benzene rings is 1. The Labute approximate surface area is 175 Å². The molecule has 1 N–H and O–H groups in total. The summed E-state index contributed by atoms with van der Waals surface area (Å²) in [6.45, 7) is 7.19. The smallest absolute Gasteiger partial charge is 0.166 e. The van der Waals surface area contributed by atoms with Gasteiger partial charge in [0.2, 0.25) is 0 Å². The molecule has 3 aromatic rings. The molecule has 152 valence electrons. The molecule has 5 rings (SSSR count). The molecule has 0 aliphatic carbocycles. The highest BCUT2D eigenvalue weighted by atomic mass is 35.5. The molecule has 29 heavy (non-hydrogen) atoms. The predicted molar refractivity (Wildman–Crippen MR) is 115 cm³/mol. The van der Waals surface area contributed by atoms with Gasteiger partial charge in [-0.2, -0.15) is 0 Å². The number of ether oxygens (including phenoxy) is 1. The van der Waals surface area contributed by atoms with Gasteiger partial charge in [0.05, 0.1) is 17.7 Å². The van der Waals surface area contributed by atoms with Crippen molar-refractivity contribution in [3.05, 3.63) is 35.1 Å². The Bertz CT molecular complexity index is 1020. The number of nitrogens with zero attached hydrogens (tertiary/aromatic N) is 5. The number of nitrogens with one attached hydrogen (secondary N) is 1. The molecule has 8 heteroatoms. The van der Waals surface area contributed by atoms with Gasteiger partial charge in [-0.05, 0) is 31.9 Å². The monoisotopic (exact) mass is 412 g/mol. The van der Waals surface area contributed by atoms with E-state index < -0.39 is 0 Å². The highest BCUT2D eigenvalue weighted by molar-refractivity contribution is 6.33. The number of anilines is 1.